The fraction of sp³-hybridized carbons (Fsp3) is 0.167. The molecule has 4 heteroatoms. The van der Waals surface area contributed by atoms with Crippen LogP contribution in [0.15, 0.2) is 42.7 Å². The number of carboxylic acid groups (broad SMARTS) is 1. The van der Waals surface area contributed by atoms with E-state index in [1.54, 1.807) is 24.5 Å². The Kier molecular flexibility index (Phi) is 2.89. The number of benzene rings is 1. The van der Waals surface area contributed by atoms with Crippen molar-refractivity contribution in [3.8, 4) is 11.3 Å². The summed E-state index contributed by atoms with van der Waals surface area (Å²) in [7, 11) is 0. The van der Waals surface area contributed by atoms with Crippen LogP contribution in [0.25, 0.3) is 22.2 Å². The van der Waals surface area contributed by atoms with Gasteiger partial charge in [0.1, 0.15) is 0 Å². The second kappa shape index (κ2) is 4.91. The number of carboxylic acids is 1. The highest BCUT2D eigenvalue weighted by molar-refractivity contribution is 5.96. The number of hydrogen-bond acceptors (Lipinski definition) is 3. The highest BCUT2D eigenvalue weighted by atomic mass is 16.4. The van der Waals surface area contributed by atoms with E-state index in [1.165, 1.54) is 11.1 Å². The van der Waals surface area contributed by atoms with Crippen LogP contribution in [0, 0.1) is 0 Å². The quantitative estimate of drug-likeness (QED) is 0.784. The van der Waals surface area contributed by atoms with Crippen molar-refractivity contribution in [3.05, 3.63) is 59.4 Å². The summed E-state index contributed by atoms with van der Waals surface area (Å²) in [5, 5.41) is 10.2. The van der Waals surface area contributed by atoms with Crippen LogP contribution >= 0.6 is 0 Å². The molecular weight excluding hydrogens is 276 g/mol. The van der Waals surface area contributed by atoms with Crippen molar-refractivity contribution in [2.24, 2.45) is 0 Å². The summed E-state index contributed by atoms with van der Waals surface area (Å²) in [5.74, 6) is -0.896. The summed E-state index contributed by atoms with van der Waals surface area (Å²) in [6, 6.07) is 9.12. The van der Waals surface area contributed by atoms with Gasteiger partial charge in [0, 0.05) is 23.3 Å². The molecule has 0 saturated carbocycles. The van der Waals surface area contributed by atoms with Crippen LogP contribution in [0.1, 0.15) is 27.9 Å². The number of aromatic nitrogens is 2. The van der Waals surface area contributed by atoms with Crippen LogP contribution in [0.2, 0.25) is 0 Å². The van der Waals surface area contributed by atoms with Crippen LogP contribution in [0.4, 0.5) is 0 Å². The molecule has 0 bridgehead atoms. The van der Waals surface area contributed by atoms with Gasteiger partial charge < -0.3 is 5.11 Å². The van der Waals surface area contributed by atoms with Gasteiger partial charge in [-0.3, -0.25) is 4.98 Å². The summed E-state index contributed by atoms with van der Waals surface area (Å²) >= 11 is 0. The predicted molar refractivity (Wildman–Crippen MR) is 84.0 cm³/mol. The topological polar surface area (TPSA) is 63.1 Å². The first kappa shape index (κ1) is 13.0. The lowest BCUT2D eigenvalue weighted by Gasteiger charge is -2.12. The first-order chi connectivity index (χ1) is 10.7. The molecule has 0 fully saturated rings. The predicted octanol–water partition coefficient (Wildman–Crippen LogP) is 3.48. The van der Waals surface area contributed by atoms with Gasteiger partial charge in [-0.15, -0.1) is 0 Å². The normalized spacial score (nSPS) is 13.3. The molecule has 0 radical (unpaired) electrons. The van der Waals surface area contributed by atoms with Gasteiger partial charge in [0.05, 0.1) is 16.8 Å². The molecule has 4 rings (SSSR count). The minimum absolute atomic E-state index is 0.320. The molecule has 2 heterocycles. The fourth-order valence-electron chi connectivity index (χ4n) is 3.25. The number of aryl methyl sites for hydroxylation is 1. The number of hydrogen-bond donors (Lipinski definition) is 1. The van der Waals surface area contributed by atoms with Crippen molar-refractivity contribution >= 4 is 16.9 Å². The van der Waals surface area contributed by atoms with Gasteiger partial charge in [-0.2, -0.15) is 0 Å². The second-order valence-electron chi connectivity index (χ2n) is 5.54. The summed E-state index contributed by atoms with van der Waals surface area (Å²) in [6.07, 6.45) is 6.61. The average Bonchev–Trinajstić information content (AvgIpc) is 3.04. The van der Waals surface area contributed by atoms with Crippen LogP contribution in [-0.2, 0) is 12.8 Å². The Morgan fingerprint density at radius 2 is 1.82 bits per heavy atom. The van der Waals surface area contributed by atoms with Crippen molar-refractivity contribution in [1.82, 2.24) is 9.97 Å². The zero-order valence-electron chi connectivity index (χ0n) is 11.9. The molecule has 0 saturated heterocycles. The molecule has 1 N–H and O–H groups in total. The Morgan fingerprint density at radius 1 is 1.05 bits per heavy atom. The zero-order valence-corrected chi connectivity index (χ0v) is 11.9. The molecule has 1 aromatic carbocycles. The molecule has 1 aliphatic carbocycles. The number of pyridine rings is 2. The minimum Gasteiger partial charge on any atom is -0.478 e. The number of fused-ring (bicyclic) bond motifs is 3. The molecule has 3 aromatic rings. The summed E-state index contributed by atoms with van der Waals surface area (Å²) in [6.45, 7) is 0. The second-order valence-corrected chi connectivity index (χ2v) is 5.54. The van der Waals surface area contributed by atoms with Gasteiger partial charge in [-0.05, 0) is 60.7 Å². The molecule has 108 valence electrons. The fourth-order valence-corrected chi connectivity index (χ4v) is 3.25. The molecule has 1 aliphatic rings. The largest absolute Gasteiger partial charge is 0.478 e. The molecule has 0 amide bonds. The van der Waals surface area contributed by atoms with E-state index >= 15 is 0 Å². The SMILES string of the molecule is O=C(O)c1ccc2nc(-c3ccncc3)c3c(c2c1)CCC3. The van der Waals surface area contributed by atoms with Crippen LogP contribution in [0.3, 0.4) is 0 Å². The third-order valence-electron chi connectivity index (χ3n) is 4.26. The lowest BCUT2D eigenvalue weighted by Crippen LogP contribution is -1.99. The Bertz CT molecular complexity index is 888. The molecular formula is C18H14N2O2. The Hall–Kier alpha value is -2.75. The van der Waals surface area contributed by atoms with Gasteiger partial charge >= 0.3 is 5.97 Å². The third kappa shape index (κ3) is 1.96. The molecule has 0 spiro atoms. The van der Waals surface area contributed by atoms with Crippen molar-refractivity contribution in [3.63, 3.8) is 0 Å². The third-order valence-corrected chi connectivity index (χ3v) is 4.26. The van der Waals surface area contributed by atoms with Gasteiger partial charge in [-0.1, -0.05) is 0 Å². The average molecular weight is 290 g/mol. The van der Waals surface area contributed by atoms with E-state index in [4.69, 9.17) is 4.98 Å². The zero-order chi connectivity index (χ0) is 15.1. The maximum Gasteiger partial charge on any atom is 0.335 e. The van der Waals surface area contributed by atoms with E-state index < -0.39 is 5.97 Å². The van der Waals surface area contributed by atoms with E-state index in [-0.39, 0.29) is 0 Å². The number of rotatable bonds is 2. The first-order valence-corrected chi connectivity index (χ1v) is 7.33. The van der Waals surface area contributed by atoms with Crippen molar-refractivity contribution in [2.45, 2.75) is 19.3 Å². The Morgan fingerprint density at radius 3 is 2.59 bits per heavy atom. The molecule has 22 heavy (non-hydrogen) atoms. The van der Waals surface area contributed by atoms with Crippen molar-refractivity contribution in [1.29, 1.82) is 0 Å². The smallest absolute Gasteiger partial charge is 0.335 e. The lowest BCUT2D eigenvalue weighted by atomic mass is 9.98. The molecule has 2 aromatic heterocycles. The lowest BCUT2D eigenvalue weighted by molar-refractivity contribution is 0.0697. The summed E-state index contributed by atoms with van der Waals surface area (Å²) in [5.41, 5.74) is 5.75. The standard InChI is InChI=1S/C18H14N2O2/c21-18(22)12-4-5-16-15(10-12)13-2-1-3-14(13)17(20-16)11-6-8-19-9-7-11/h4-10H,1-3H2,(H,21,22). The Labute approximate surface area is 127 Å². The highest BCUT2D eigenvalue weighted by Gasteiger charge is 2.21. The molecule has 4 nitrogen and oxygen atoms in total. The van der Waals surface area contributed by atoms with Crippen molar-refractivity contribution in [2.75, 3.05) is 0 Å². The first-order valence-electron chi connectivity index (χ1n) is 7.33. The summed E-state index contributed by atoms with van der Waals surface area (Å²) in [4.78, 5) is 20.1. The monoisotopic (exact) mass is 290 g/mol. The van der Waals surface area contributed by atoms with Crippen LogP contribution in [0.5, 0.6) is 0 Å². The summed E-state index contributed by atoms with van der Waals surface area (Å²) < 4.78 is 0. The minimum atomic E-state index is -0.896. The van der Waals surface area contributed by atoms with Gasteiger partial charge in [0.15, 0.2) is 0 Å². The number of nitrogens with zero attached hydrogens (tertiary/aromatic N) is 2. The Balaban J connectivity index is 2.02. The highest BCUT2D eigenvalue weighted by Crippen LogP contribution is 2.36. The maximum absolute atomic E-state index is 11.2. The van der Waals surface area contributed by atoms with Crippen LogP contribution in [-0.4, -0.2) is 21.0 Å². The molecule has 0 aliphatic heterocycles. The van der Waals surface area contributed by atoms with E-state index in [1.807, 2.05) is 18.2 Å². The van der Waals surface area contributed by atoms with E-state index in [2.05, 4.69) is 4.98 Å². The van der Waals surface area contributed by atoms with Gasteiger partial charge in [0.2, 0.25) is 0 Å². The maximum atomic E-state index is 11.2. The van der Waals surface area contributed by atoms with E-state index in [0.29, 0.717) is 5.56 Å². The number of aromatic carboxylic acids is 1. The van der Waals surface area contributed by atoms with Gasteiger partial charge in [0.25, 0.3) is 0 Å². The molecule has 0 unspecified atom stereocenters. The van der Waals surface area contributed by atoms with E-state index in [9.17, 15) is 9.90 Å². The van der Waals surface area contributed by atoms with Crippen LogP contribution < -0.4 is 0 Å². The van der Waals surface area contributed by atoms with Gasteiger partial charge in [-0.25, -0.2) is 9.78 Å². The molecule has 0 atom stereocenters. The number of carbonyl (C=O) groups is 1. The van der Waals surface area contributed by atoms with Crippen molar-refractivity contribution < 1.29 is 9.90 Å². The van der Waals surface area contributed by atoms with E-state index in [0.717, 1.165) is 41.4 Å².